The number of para-hydroxylation sites is 1. The van der Waals surface area contributed by atoms with Crippen molar-refractivity contribution in [3.63, 3.8) is 0 Å². The summed E-state index contributed by atoms with van der Waals surface area (Å²) in [4.78, 5) is 16.2. The number of rotatable bonds is 5. The number of benzene rings is 2. The van der Waals surface area contributed by atoms with Gasteiger partial charge in [-0.2, -0.15) is 0 Å². The van der Waals surface area contributed by atoms with Crippen LogP contribution in [0.2, 0.25) is 0 Å². The largest absolute Gasteiger partial charge is 0.341 e. The van der Waals surface area contributed by atoms with E-state index in [1.807, 2.05) is 16.7 Å². The zero-order valence-corrected chi connectivity index (χ0v) is 18.5. The van der Waals surface area contributed by atoms with Crippen molar-refractivity contribution in [3.8, 4) is 0 Å². The fourth-order valence-electron chi connectivity index (χ4n) is 4.07. The van der Waals surface area contributed by atoms with Crippen LogP contribution < -0.4 is 0 Å². The number of aromatic nitrogens is 1. The SMILES string of the molecule is Cc1ccc(C)c(CSc2cn(CC(=O)N3CCC(C)CC3)c3ccccc23)c1. The topological polar surface area (TPSA) is 25.2 Å². The molecule has 29 heavy (non-hydrogen) atoms. The van der Waals surface area contributed by atoms with Crippen LogP contribution in [0.3, 0.4) is 0 Å². The Kier molecular flexibility index (Phi) is 6.00. The number of hydrogen-bond donors (Lipinski definition) is 0. The average molecular weight is 407 g/mol. The van der Waals surface area contributed by atoms with E-state index in [2.05, 4.69) is 74.0 Å². The summed E-state index contributed by atoms with van der Waals surface area (Å²) in [6.45, 7) is 8.82. The van der Waals surface area contributed by atoms with Crippen molar-refractivity contribution in [1.29, 1.82) is 0 Å². The molecule has 3 nitrogen and oxygen atoms in total. The molecule has 0 N–H and O–H groups in total. The van der Waals surface area contributed by atoms with Crippen LogP contribution in [0.1, 0.15) is 36.5 Å². The second-order valence-corrected chi connectivity index (χ2v) is 9.44. The van der Waals surface area contributed by atoms with Crippen molar-refractivity contribution in [3.05, 3.63) is 65.4 Å². The molecule has 0 unspecified atom stereocenters. The van der Waals surface area contributed by atoms with Gasteiger partial charge in [0.15, 0.2) is 0 Å². The molecule has 4 rings (SSSR count). The van der Waals surface area contributed by atoms with Gasteiger partial charge < -0.3 is 9.47 Å². The van der Waals surface area contributed by atoms with E-state index in [1.54, 1.807) is 0 Å². The fraction of sp³-hybridized carbons (Fsp3) is 0.400. The third-order valence-electron chi connectivity index (χ3n) is 6.08. The monoisotopic (exact) mass is 406 g/mol. The smallest absolute Gasteiger partial charge is 0.242 e. The van der Waals surface area contributed by atoms with E-state index in [0.29, 0.717) is 6.54 Å². The molecule has 0 spiro atoms. The van der Waals surface area contributed by atoms with Crippen LogP contribution in [0.25, 0.3) is 10.9 Å². The van der Waals surface area contributed by atoms with Crippen LogP contribution in [0.5, 0.6) is 0 Å². The van der Waals surface area contributed by atoms with Gasteiger partial charge in [-0.25, -0.2) is 0 Å². The first-order valence-corrected chi connectivity index (χ1v) is 11.5. The van der Waals surface area contributed by atoms with Crippen LogP contribution in [0.15, 0.2) is 53.6 Å². The predicted octanol–water partition coefficient (Wildman–Crippen LogP) is 5.81. The number of carbonyl (C=O) groups excluding carboxylic acids is 1. The number of likely N-dealkylation sites (tertiary alicyclic amines) is 1. The highest BCUT2D eigenvalue weighted by Crippen LogP contribution is 2.33. The minimum absolute atomic E-state index is 0.240. The molecule has 1 saturated heterocycles. The Morgan fingerprint density at radius 3 is 2.66 bits per heavy atom. The Morgan fingerprint density at radius 2 is 1.86 bits per heavy atom. The summed E-state index contributed by atoms with van der Waals surface area (Å²) >= 11 is 1.86. The van der Waals surface area contributed by atoms with Crippen LogP contribution in [0, 0.1) is 19.8 Å². The molecule has 0 radical (unpaired) electrons. The molecule has 1 fully saturated rings. The lowest BCUT2D eigenvalue weighted by Crippen LogP contribution is -2.39. The third kappa shape index (κ3) is 4.53. The van der Waals surface area contributed by atoms with E-state index in [9.17, 15) is 4.79 Å². The molecular weight excluding hydrogens is 376 g/mol. The number of aryl methyl sites for hydroxylation is 2. The summed E-state index contributed by atoms with van der Waals surface area (Å²) in [7, 11) is 0. The van der Waals surface area contributed by atoms with E-state index >= 15 is 0 Å². The van der Waals surface area contributed by atoms with Gasteiger partial charge >= 0.3 is 0 Å². The lowest BCUT2D eigenvalue weighted by Gasteiger charge is -2.30. The quantitative estimate of drug-likeness (QED) is 0.500. The van der Waals surface area contributed by atoms with Gasteiger partial charge in [0.2, 0.25) is 5.91 Å². The van der Waals surface area contributed by atoms with Crippen LogP contribution in [-0.4, -0.2) is 28.5 Å². The van der Waals surface area contributed by atoms with Crippen LogP contribution in [0.4, 0.5) is 0 Å². The number of hydrogen-bond acceptors (Lipinski definition) is 2. The minimum Gasteiger partial charge on any atom is -0.341 e. The zero-order chi connectivity index (χ0) is 20.4. The Hall–Kier alpha value is -2.20. The van der Waals surface area contributed by atoms with Crippen molar-refractivity contribution in [2.24, 2.45) is 5.92 Å². The van der Waals surface area contributed by atoms with Gasteiger partial charge in [0, 0.05) is 40.8 Å². The number of nitrogens with zero attached hydrogens (tertiary/aromatic N) is 2. The predicted molar refractivity (Wildman–Crippen MR) is 122 cm³/mol. The van der Waals surface area contributed by atoms with Crippen molar-refractivity contribution in [2.75, 3.05) is 13.1 Å². The molecular formula is C25H30N2OS. The number of carbonyl (C=O) groups is 1. The summed E-state index contributed by atoms with van der Waals surface area (Å²) in [6.07, 6.45) is 4.41. The second-order valence-electron chi connectivity index (χ2n) is 8.42. The lowest BCUT2D eigenvalue weighted by molar-refractivity contribution is -0.133. The summed E-state index contributed by atoms with van der Waals surface area (Å²) < 4.78 is 2.14. The minimum atomic E-state index is 0.240. The first-order valence-electron chi connectivity index (χ1n) is 10.6. The summed E-state index contributed by atoms with van der Waals surface area (Å²) in [5.41, 5.74) is 5.16. The molecule has 0 atom stereocenters. The van der Waals surface area contributed by atoms with E-state index in [1.165, 1.54) is 27.0 Å². The molecule has 0 bridgehead atoms. The standard InChI is InChI=1S/C25H30N2OS/c1-18-10-12-26(13-11-18)25(28)16-27-15-24(22-6-4-5-7-23(22)27)29-17-21-14-19(2)8-9-20(21)3/h4-9,14-15,18H,10-13,16-17H2,1-3H3. The van der Waals surface area contributed by atoms with Crippen molar-refractivity contribution in [1.82, 2.24) is 9.47 Å². The molecule has 0 aliphatic carbocycles. The third-order valence-corrected chi connectivity index (χ3v) is 7.17. The van der Waals surface area contributed by atoms with Crippen molar-refractivity contribution in [2.45, 2.75) is 50.8 Å². The summed E-state index contributed by atoms with van der Waals surface area (Å²) in [5.74, 6) is 1.92. The molecule has 1 aromatic heterocycles. The van der Waals surface area contributed by atoms with Crippen LogP contribution >= 0.6 is 11.8 Å². The normalized spacial score (nSPS) is 15.2. The Bertz CT molecular complexity index is 1010. The summed E-state index contributed by atoms with van der Waals surface area (Å²) in [5, 5.41) is 1.24. The fourth-order valence-corrected chi connectivity index (χ4v) is 5.23. The van der Waals surface area contributed by atoms with Gasteiger partial charge in [-0.05, 0) is 49.8 Å². The zero-order valence-electron chi connectivity index (χ0n) is 17.6. The van der Waals surface area contributed by atoms with Gasteiger partial charge in [0.25, 0.3) is 0 Å². The van der Waals surface area contributed by atoms with Gasteiger partial charge in [-0.15, -0.1) is 11.8 Å². The van der Waals surface area contributed by atoms with Gasteiger partial charge in [0.1, 0.15) is 6.54 Å². The molecule has 2 aromatic carbocycles. The highest BCUT2D eigenvalue weighted by molar-refractivity contribution is 7.98. The van der Waals surface area contributed by atoms with Gasteiger partial charge in [-0.1, -0.05) is 48.9 Å². The number of thioether (sulfide) groups is 1. The molecule has 2 heterocycles. The van der Waals surface area contributed by atoms with Crippen molar-refractivity contribution < 1.29 is 4.79 Å². The molecule has 4 heteroatoms. The second kappa shape index (κ2) is 8.66. The molecule has 1 amide bonds. The molecule has 3 aromatic rings. The maximum Gasteiger partial charge on any atom is 0.242 e. The molecule has 152 valence electrons. The lowest BCUT2D eigenvalue weighted by atomic mass is 9.99. The van der Waals surface area contributed by atoms with Gasteiger partial charge in [0.05, 0.1) is 0 Å². The molecule has 0 saturated carbocycles. The first-order chi connectivity index (χ1) is 14.0. The Morgan fingerprint density at radius 1 is 1.10 bits per heavy atom. The Balaban J connectivity index is 1.53. The number of fused-ring (bicyclic) bond motifs is 1. The average Bonchev–Trinajstić information content (AvgIpc) is 3.07. The Labute approximate surface area is 178 Å². The number of amides is 1. The van der Waals surface area contributed by atoms with E-state index in [4.69, 9.17) is 0 Å². The van der Waals surface area contributed by atoms with E-state index < -0.39 is 0 Å². The number of piperidine rings is 1. The molecule has 1 aliphatic heterocycles. The van der Waals surface area contributed by atoms with Crippen molar-refractivity contribution >= 4 is 28.6 Å². The van der Waals surface area contributed by atoms with Gasteiger partial charge in [-0.3, -0.25) is 4.79 Å². The first kappa shape index (κ1) is 20.1. The van der Waals surface area contributed by atoms with E-state index in [0.717, 1.165) is 43.1 Å². The van der Waals surface area contributed by atoms with Crippen LogP contribution in [-0.2, 0) is 17.1 Å². The molecule has 1 aliphatic rings. The highest BCUT2D eigenvalue weighted by atomic mass is 32.2. The summed E-state index contributed by atoms with van der Waals surface area (Å²) in [6, 6.07) is 15.1. The van der Waals surface area contributed by atoms with E-state index in [-0.39, 0.29) is 5.91 Å². The highest BCUT2D eigenvalue weighted by Gasteiger charge is 2.21. The maximum atomic E-state index is 12.9. The maximum absolute atomic E-state index is 12.9.